The molecule has 23 heavy (non-hydrogen) atoms. The van der Waals surface area contributed by atoms with Crippen molar-refractivity contribution >= 4 is 11.8 Å². The molecule has 0 unspecified atom stereocenters. The van der Waals surface area contributed by atoms with E-state index in [0.717, 1.165) is 11.6 Å². The molecule has 0 aliphatic carbocycles. The molecule has 1 aromatic carbocycles. The first kappa shape index (κ1) is 15.4. The fraction of sp³-hybridized carbons (Fsp3) is 0.333. The van der Waals surface area contributed by atoms with Crippen molar-refractivity contribution in [1.29, 1.82) is 0 Å². The van der Waals surface area contributed by atoms with E-state index in [1.807, 2.05) is 19.1 Å². The molecule has 0 fully saturated rings. The van der Waals surface area contributed by atoms with E-state index in [0.29, 0.717) is 10.2 Å². The molecular weight excluding hydrogens is 311 g/mol. The van der Waals surface area contributed by atoms with Crippen molar-refractivity contribution in [2.24, 2.45) is 0 Å². The van der Waals surface area contributed by atoms with Gasteiger partial charge in [0.1, 0.15) is 5.82 Å². The number of alkyl halides is 3. The maximum absolute atomic E-state index is 13.3. The number of nitrogens with zero attached hydrogens (tertiary/aromatic N) is 2. The lowest BCUT2D eigenvalue weighted by Crippen LogP contribution is -2.35. The Kier molecular flexibility index (Phi) is 3.54. The van der Waals surface area contributed by atoms with Crippen LogP contribution >= 0.6 is 0 Å². The smallest absolute Gasteiger partial charge is 0.410 e. The molecule has 2 aromatic rings. The molecular formula is C15H14F3N3O2. The number of carbonyl (C=O) groups is 1. The molecule has 2 N–H and O–H groups in total. The molecule has 0 bridgehead atoms. The van der Waals surface area contributed by atoms with Gasteiger partial charge in [-0.05, 0) is 12.5 Å². The Morgan fingerprint density at radius 3 is 2.57 bits per heavy atom. The maximum atomic E-state index is 13.3. The van der Waals surface area contributed by atoms with Crippen molar-refractivity contribution < 1.29 is 23.1 Å². The zero-order chi connectivity index (χ0) is 16.8. The van der Waals surface area contributed by atoms with Crippen LogP contribution in [-0.2, 0) is 0 Å². The van der Waals surface area contributed by atoms with Gasteiger partial charge in [-0.25, -0.2) is 9.48 Å². The lowest BCUT2D eigenvalue weighted by atomic mass is 9.96. The molecule has 2 atom stereocenters. The SMILES string of the molecule is Cc1ccc([C@H]2C[C@@H](C(F)(F)F)n3nc(C(=O)O)cc3N2)cc1. The molecule has 0 amide bonds. The topological polar surface area (TPSA) is 67.2 Å². The monoisotopic (exact) mass is 325 g/mol. The first-order valence-electron chi connectivity index (χ1n) is 6.98. The number of benzene rings is 1. The van der Waals surface area contributed by atoms with Crippen molar-refractivity contribution in [3.63, 3.8) is 0 Å². The summed E-state index contributed by atoms with van der Waals surface area (Å²) in [5.74, 6) is -1.30. The molecule has 0 saturated heterocycles. The highest BCUT2D eigenvalue weighted by Crippen LogP contribution is 2.43. The number of carboxylic acids is 1. The number of hydrogen-bond acceptors (Lipinski definition) is 3. The minimum atomic E-state index is -4.51. The Balaban J connectivity index is 2.01. The van der Waals surface area contributed by atoms with Crippen LogP contribution in [0.4, 0.5) is 19.0 Å². The third kappa shape index (κ3) is 2.88. The molecule has 5 nitrogen and oxygen atoms in total. The Morgan fingerprint density at radius 2 is 2.00 bits per heavy atom. The van der Waals surface area contributed by atoms with E-state index in [1.54, 1.807) is 12.1 Å². The van der Waals surface area contributed by atoms with Crippen LogP contribution in [0.2, 0.25) is 0 Å². The van der Waals surface area contributed by atoms with Crippen molar-refractivity contribution in [2.75, 3.05) is 5.32 Å². The summed E-state index contributed by atoms with van der Waals surface area (Å²) in [6, 6.07) is 5.89. The van der Waals surface area contributed by atoms with E-state index < -0.39 is 29.9 Å². The zero-order valence-corrected chi connectivity index (χ0v) is 12.1. The molecule has 1 aromatic heterocycles. The molecule has 2 heterocycles. The highest BCUT2D eigenvalue weighted by atomic mass is 19.4. The Hall–Kier alpha value is -2.51. The number of halogens is 3. The van der Waals surface area contributed by atoms with Gasteiger partial charge in [0.25, 0.3) is 0 Å². The van der Waals surface area contributed by atoms with Crippen molar-refractivity contribution in [3.8, 4) is 0 Å². The number of carboxylic acid groups (broad SMARTS) is 1. The van der Waals surface area contributed by atoms with Gasteiger partial charge in [0.2, 0.25) is 0 Å². The van der Waals surface area contributed by atoms with E-state index in [2.05, 4.69) is 10.4 Å². The molecule has 0 radical (unpaired) electrons. The summed E-state index contributed by atoms with van der Waals surface area (Å²) in [5, 5.41) is 15.5. The summed E-state index contributed by atoms with van der Waals surface area (Å²) < 4.78 is 40.8. The Morgan fingerprint density at radius 1 is 1.35 bits per heavy atom. The zero-order valence-electron chi connectivity index (χ0n) is 12.1. The summed E-state index contributed by atoms with van der Waals surface area (Å²) in [6.07, 6.45) is -4.76. The molecule has 8 heteroatoms. The van der Waals surface area contributed by atoms with E-state index in [4.69, 9.17) is 5.11 Å². The fourth-order valence-corrected chi connectivity index (χ4v) is 2.70. The van der Waals surface area contributed by atoms with Crippen LogP contribution in [0.15, 0.2) is 30.3 Å². The van der Waals surface area contributed by atoms with Crippen LogP contribution in [0.5, 0.6) is 0 Å². The van der Waals surface area contributed by atoms with E-state index >= 15 is 0 Å². The van der Waals surface area contributed by atoms with Gasteiger partial charge in [0.15, 0.2) is 11.7 Å². The van der Waals surface area contributed by atoms with Gasteiger partial charge in [0.05, 0.1) is 6.04 Å². The highest BCUT2D eigenvalue weighted by molar-refractivity contribution is 5.86. The second kappa shape index (κ2) is 5.29. The number of fused-ring (bicyclic) bond motifs is 1. The Labute approximate surface area is 129 Å². The van der Waals surface area contributed by atoms with Crippen molar-refractivity contribution in [3.05, 3.63) is 47.2 Å². The number of nitrogens with one attached hydrogen (secondary N) is 1. The summed E-state index contributed by atoms with van der Waals surface area (Å²) in [5.41, 5.74) is 1.32. The van der Waals surface area contributed by atoms with Gasteiger partial charge in [-0.15, -0.1) is 0 Å². The first-order chi connectivity index (χ1) is 10.8. The predicted molar refractivity (Wildman–Crippen MR) is 76.4 cm³/mol. The van der Waals surface area contributed by atoms with Crippen molar-refractivity contribution in [2.45, 2.75) is 31.6 Å². The quantitative estimate of drug-likeness (QED) is 0.886. The minimum Gasteiger partial charge on any atom is -0.476 e. The number of aromatic carboxylic acids is 1. The second-order valence-electron chi connectivity index (χ2n) is 5.57. The minimum absolute atomic E-state index is 0.0570. The number of hydrogen-bond donors (Lipinski definition) is 2. The van der Waals surface area contributed by atoms with Crippen LogP contribution in [0.1, 0.15) is 40.1 Å². The normalized spacial score (nSPS) is 20.7. The van der Waals surface area contributed by atoms with E-state index in [-0.39, 0.29) is 12.2 Å². The lowest BCUT2D eigenvalue weighted by Gasteiger charge is -2.33. The molecule has 122 valence electrons. The highest BCUT2D eigenvalue weighted by Gasteiger charge is 2.46. The van der Waals surface area contributed by atoms with Crippen molar-refractivity contribution in [1.82, 2.24) is 9.78 Å². The summed E-state index contributed by atoms with van der Waals surface area (Å²) >= 11 is 0. The Bertz CT molecular complexity index is 737. The van der Waals surface area contributed by atoms with Crippen LogP contribution < -0.4 is 5.32 Å². The van der Waals surface area contributed by atoms with Crippen LogP contribution in [0.3, 0.4) is 0 Å². The molecule has 1 aliphatic rings. The van der Waals surface area contributed by atoms with Crippen LogP contribution in [0, 0.1) is 6.92 Å². The van der Waals surface area contributed by atoms with E-state index in [1.165, 1.54) is 0 Å². The third-order valence-corrected chi connectivity index (χ3v) is 3.89. The van der Waals surface area contributed by atoms with Gasteiger partial charge in [-0.1, -0.05) is 29.8 Å². The third-order valence-electron chi connectivity index (χ3n) is 3.89. The summed E-state index contributed by atoms with van der Waals surface area (Å²) in [4.78, 5) is 11.0. The second-order valence-corrected chi connectivity index (χ2v) is 5.57. The average Bonchev–Trinajstić information content (AvgIpc) is 2.90. The van der Waals surface area contributed by atoms with Crippen LogP contribution in [0.25, 0.3) is 0 Å². The summed E-state index contributed by atoms with van der Waals surface area (Å²) in [7, 11) is 0. The predicted octanol–water partition coefficient (Wildman–Crippen LogP) is 3.55. The van der Waals surface area contributed by atoms with Gasteiger partial charge < -0.3 is 10.4 Å². The largest absolute Gasteiger partial charge is 0.476 e. The molecule has 0 spiro atoms. The van der Waals surface area contributed by atoms with Gasteiger partial charge >= 0.3 is 12.1 Å². The fourth-order valence-electron chi connectivity index (χ4n) is 2.70. The molecule has 3 rings (SSSR count). The number of anilines is 1. The van der Waals surface area contributed by atoms with Crippen LogP contribution in [-0.4, -0.2) is 27.0 Å². The average molecular weight is 325 g/mol. The summed E-state index contributed by atoms with van der Waals surface area (Å²) in [6.45, 7) is 1.89. The number of aromatic nitrogens is 2. The van der Waals surface area contributed by atoms with Gasteiger partial charge in [-0.2, -0.15) is 18.3 Å². The standard InChI is InChI=1S/C15H14F3N3O2/c1-8-2-4-9(5-3-8)10-6-12(15(16,17)18)21-13(19-10)7-11(20-21)14(22)23/h2-5,7,10,12,19H,6H2,1H3,(H,22,23)/t10-,12+/m1/s1. The number of aryl methyl sites for hydroxylation is 1. The van der Waals surface area contributed by atoms with E-state index in [9.17, 15) is 18.0 Å². The van der Waals surface area contributed by atoms with Gasteiger partial charge in [-0.3, -0.25) is 0 Å². The first-order valence-corrected chi connectivity index (χ1v) is 6.98. The molecule has 1 aliphatic heterocycles. The maximum Gasteiger partial charge on any atom is 0.410 e. The lowest BCUT2D eigenvalue weighted by molar-refractivity contribution is -0.173. The number of rotatable bonds is 2. The van der Waals surface area contributed by atoms with Gasteiger partial charge in [0, 0.05) is 12.5 Å². The molecule has 0 saturated carbocycles.